The van der Waals surface area contributed by atoms with Gasteiger partial charge in [-0.2, -0.15) is 4.39 Å². The minimum Gasteiger partial charge on any atom is -0.462 e. The predicted octanol–water partition coefficient (Wildman–Crippen LogP) is 2.33. The van der Waals surface area contributed by atoms with Crippen molar-refractivity contribution < 1.29 is 22.7 Å². The molecular weight excluding hydrogens is 211 g/mol. The fourth-order valence-electron chi connectivity index (χ4n) is 1.04. The van der Waals surface area contributed by atoms with Gasteiger partial charge in [-0.15, -0.1) is 0 Å². The summed E-state index contributed by atoms with van der Waals surface area (Å²) in [5, 5.41) is 0. The van der Waals surface area contributed by atoms with Crippen LogP contribution in [0, 0.1) is 5.95 Å². The summed E-state index contributed by atoms with van der Waals surface area (Å²) >= 11 is 0. The second kappa shape index (κ2) is 4.77. The van der Waals surface area contributed by atoms with Gasteiger partial charge in [-0.25, -0.2) is 18.6 Å². The number of hydrogen-bond donors (Lipinski definition) is 0. The molecule has 3 nitrogen and oxygen atoms in total. The van der Waals surface area contributed by atoms with E-state index in [1.165, 1.54) is 6.92 Å². The highest BCUT2D eigenvalue weighted by molar-refractivity contribution is 5.91. The van der Waals surface area contributed by atoms with Crippen molar-refractivity contribution in [3.05, 3.63) is 29.3 Å². The van der Waals surface area contributed by atoms with Crippen LogP contribution in [-0.4, -0.2) is 17.6 Å². The summed E-state index contributed by atoms with van der Waals surface area (Å²) < 4.78 is 42.3. The van der Waals surface area contributed by atoms with Crippen molar-refractivity contribution in [2.75, 3.05) is 6.61 Å². The van der Waals surface area contributed by atoms with Crippen molar-refractivity contribution >= 4 is 5.97 Å². The van der Waals surface area contributed by atoms with Crippen molar-refractivity contribution in [1.82, 2.24) is 4.98 Å². The lowest BCUT2D eigenvalue weighted by atomic mass is 10.1. The largest absolute Gasteiger partial charge is 0.462 e. The van der Waals surface area contributed by atoms with Gasteiger partial charge in [0.05, 0.1) is 6.61 Å². The average molecular weight is 219 g/mol. The summed E-state index contributed by atoms with van der Waals surface area (Å²) in [6.45, 7) is 1.48. The Bertz CT molecular complexity index is 368. The molecule has 0 bridgehead atoms. The van der Waals surface area contributed by atoms with Gasteiger partial charge in [0.25, 0.3) is 6.43 Å². The normalized spacial score (nSPS) is 10.5. The third-order valence-electron chi connectivity index (χ3n) is 1.65. The smallest absolute Gasteiger partial charge is 0.343 e. The Morgan fingerprint density at radius 1 is 1.60 bits per heavy atom. The van der Waals surface area contributed by atoms with Gasteiger partial charge in [-0.1, -0.05) is 0 Å². The molecule has 0 aliphatic carbocycles. The lowest BCUT2D eigenvalue weighted by Crippen LogP contribution is -2.12. The zero-order valence-electron chi connectivity index (χ0n) is 7.84. The number of halogens is 3. The third kappa shape index (κ3) is 2.45. The van der Waals surface area contributed by atoms with Crippen LogP contribution in [-0.2, 0) is 4.74 Å². The van der Waals surface area contributed by atoms with Crippen LogP contribution in [0.15, 0.2) is 12.3 Å². The highest BCUT2D eigenvalue weighted by Gasteiger charge is 2.23. The Morgan fingerprint density at radius 3 is 2.80 bits per heavy atom. The van der Waals surface area contributed by atoms with Gasteiger partial charge >= 0.3 is 5.97 Å². The summed E-state index contributed by atoms with van der Waals surface area (Å²) in [5.41, 5.74) is -1.50. The molecule has 0 amide bonds. The lowest BCUT2D eigenvalue weighted by molar-refractivity contribution is 0.0508. The molecular formula is C9H8F3NO2. The van der Waals surface area contributed by atoms with Crippen molar-refractivity contribution in [3.63, 3.8) is 0 Å². The molecule has 1 heterocycles. The Kier molecular flexibility index (Phi) is 3.65. The summed E-state index contributed by atoms with van der Waals surface area (Å²) in [4.78, 5) is 14.3. The van der Waals surface area contributed by atoms with E-state index in [9.17, 15) is 18.0 Å². The first-order valence-corrected chi connectivity index (χ1v) is 4.17. The molecule has 0 fully saturated rings. The van der Waals surface area contributed by atoms with Crippen LogP contribution in [0.2, 0.25) is 0 Å². The number of esters is 1. The fraction of sp³-hybridized carbons (Fsp3) is 0.333. The first kappa shape index (κ1) is 11.5. The van der Waals surface area contributed by atoms with Crippen LogP contribution in [0.4, 0.5) is 13.2 Å². The maximum Gasteiger partial charge on any atom is 0.343 e. The molecule has 0 aliphatic rings. The van der Waals surface area contributed by atoms with E-state index in [0.717, 1.165) is 12.3 Å². The van der Waals surface area contributed by atoms with Gasteiger partial charge in [0.2, 0.25) is 5.95 Å². The minimum atomic E-state index is -2.94. The molecule has 0 N–H and O–H groups in total. The second-order valence-corrected chi connectivity index (χ2v) is 2.59. The summed E-state index contributed by atoms with van der Waals surface area (Å²) in [7, 11) is 0. The Hall–Kier alpha value is -1.59. The van der Waals surface area contributed by atoms with E-state index in [1.807, 2.05) is 0 Å². The van der Waals surface area contributed by atoms with Crippen LogP contribution in [0.5, 0.6) is 0 Å². The summed E-state index contributed by atoms with van der Waals surface area (Å²) in [6, 6.07) is 0.889. The van der Waals surface area contributed by atoms with Gasteiger partial charge in [-0.05, 0) is 13.0 Å². The molecule has 15 heavy (non-hydrogen) atoms. The van der Waals surface area contributed by atoms with Gasteiger partial charge < -0.3 is 4.74 Å². The van der Waals surface area contributed by atoms with Crippen LogP contribution < -0.4 is 0 Å². The SMILES string of the molecule is CCOC(=O)c1c(C(F)F)ccnc1F. The topological polar surface area (TPSA) is 39.2 Å². The second-order valence-electron chi connectivity index (χ2n) is 2.59. The van der Waals surface area contributed by atoms with Crippen molar-refractivity contribution in [3.8, 4) is 0 Å². The fourth-order valence-corrected chi connectivity index (χ4v) is 1.04. The van der Waals surface area contributed by atoms with Gasteiger partial charge in [0.15, 0.2) is 0 Å². The molecule has 82 valence electrons. The molecule has 0 radical (unpaired) electrons. The molecule has 1 aromatic heterocycles. The summed E-state index contributed by atoms with van der Waals surface area (Å²) in [6.07, 6.45) is -2.07. The minimum absolute atomic E-state index is 0.0180. The highest BCUT2D eigenvalue weighted by atomic mass is 19.3. The van der Waals surface area contributed by atoms with E-state index in [0.29, 0.717) is 0 Å². The lowest BCUT2D eigenvalue weighted by Gasteiger charge is -2.07. The van der Waals surface area contributed by atoms with E-state index >= 15 is 0 Å². The standard InChI is InChI=1S/C9H8F3NO2/c1-2-15-9(14)6-5(7(10)11)3-4-13-8(6)12/h3-4,7H,2H2,1H3. The monoisotopic (exact) mass is 219 g/mol. The average Bonchev–Trinajstić information content (AvgIpc) is 2.17. The molecule has 0 saturated carbocycles. The molecule has 0 spiro atoms. The maximum absolute atomic E-state index is 13.0. The number of nitrogens with zero attached hydrogens (tertiary/aromatic N) is 1. The number of pyridine rings is 1. The molecule has 0 aliphatic heterocycles. The maximum atomic E-state index is 13.0. The molecule has 1 rings (SSSR count). The van der Waals surface area contributed by atoms with Crippen LogP contribution in [0.3, 0.4) is 0 Å². The molecule has 6 heteroatoms. The van der Waals surface area contributed by atoms with Crippen molar-refractivity contribution in [2.45, 2.75) is 13.3 Å². The molecule has 0 saturated heterocycles. The van der Waals surface area contributed by atoms with E-state index in [2.05, 4.69) is 9.72 Å². The molecule has 0 aromatic carbocycles. The number of ether oxygens (including phenoxy) is 1. The van der Waals surface area contributed by atoms with Gasteiger partial charge in [-0.3, -0.25) is 0 Å². The van der Waals surface area contributed by atoms with E-state index in [1.54, 1.807) is 0 Å². The Balaban J connectivity index is 3.18. The number of aromatic nitrogens is 1. The Labute approximate surface area is 83.9 Å². The number of carbonyl (C=O) groups excluding carboxylic acids is 1. The van der Waals surface area contributed by atoms with Crippen LogP contribution >= 0.6 is 0 Å². The Morgan fingerprint density at radius 2 is 2.27 bits per heavy atom. The van der Waals surface area contributed by atoms with E-state index in [-0.39, 0.29) is 6.61 Å². The number of carbonyl (C=O) groups is 1. The van der Waals surface area contributed by atoms with E-state index < -0.39 is 29.5 Å². The van der Waals surface area contributed by atoms with Crippen molar-refractivity contribution in [1.29, 1.82) is 0 Å². The molecule has 1 aromatic rings. The van der Waals surface area contributed by atoms with Gasteiger partial charge in [0, 0.05) is 11.8 Å². The first-order chi connectivity index (χ1) is 7.07. The quantitative estimate of drug-likeness (QED) is 0.578. The van der Waals surface area contributed by atoms with Crippen molar-refractivity contribution in [2.24, 2.45) is 0 Å². The highest BCUT2D eigenvalue weighted by Crippen LogP contribution is 2.24. The number of alkyl halides is 2. The molecule has 0 unspecified atom stereocenters. The van der Waals surface area contributed by atoms with E-state index in [4.69, 9.17) is 0 Å². The third-order valence-corrected chi connectivity index (χ3v) is 1.65. The zero-order valence-corrected chi connectivity index (χ0v) is 7.84. The summed E-state index contributed by atoms with van der Waals surface area (Å²) in [5.74, 6) is -2.37. The number of rotatable bonds is 3. The van der Waals surface area contributed by atoms with Crippen LogP contribution in [0.25, 0.3) is 0 Å². The van der Waals surface area contributed by atoms with Gasteiger partial charge in [0.1, 0.15) is 5.56 Å². The van der Waals surface area contributed by atoms with Crippen LogP contribution in [0.1, 0.15) is 29.3 Å². The molecule has 0 atom stereocenters. The first-order valence-electron chi connectivity index (χ1n) is 4.17. The number of hydrogen-bond acceptors (Lipinski definition) is 3. The predicted molar refractivity (Wildman–Crippen MR) is 45.1 cm³/mol. The zero-order chi connectivity index (χ0) is 11.4.